The molecule has 4 aliphatic carbocycles. The van der Waals surface area contributed by atoms with Gasteiger partial charge in [0.1, 0.15) is 71.2 Å². The Kier molecular flexibility index (Phi) is 24.5. The van der Waals surface area contributed by atoms with Crippen LogP contribution in [0, 0.1) is 25.7 Å². The first-order valence-electron chi connectivity index (χ1n) is 34.9. The summed E-state index contributed by atoms with van der Waals surface area (Å²) in [4.78, 5) is 145. The maximum atomic E-state index is 14.4. The van der Waals surface area contributed by atoms with E-state index in [1.165, 1.54) is 43.3 Å². The molecule has 100 heavy (non-hydrogen) atoms. The molecule has 10 atom stereocenters. The molecule has 2 aromatic heterocycles. The molecule has 0 bridgehead atoms. The Bertz CT molecular complexity index is 3820. The number of hydrogen-bond donors (Lipinski definition) is 4. The second-order valence-electron chi connectivity index (χ2n) is 27.4. The number of amides is 6. The van der Waals surface area contributed by atoms with Crippen molar-refractivity contribution in [2.45, 2.75) is 215 Å². The first-order chi connectivity index (χ1) is 47.7. The number of carboxylic acids is 1. The number of alkyl carbamates (subject to hydrolysis) is 2. The van der Waals surface area contributed by atoms with Crippen molar-refractivity contribution in [3.63, 3.8) is 0 Å². The van der Waals surface area contributed by atoms with Gasteiger partial charge < -0.3 is 74.1 Å². The molecule has 6 heterocycles. The number of benzene rings is 2. The number of aryl methyl sites for hydroxylation is 2. The van der Waals surface area contributed by atoms with Gasteiger partial charge in [-0.15, -0.1) is 0 Å². The fraction of sp³-hybridized carbons (Fsp3) is 0.562. The topological polar surface area (TPSA) is 339 Å². The summed E-state index contributed by atoms with van der Waals surface area (Å²) in [5.74, 6) is -5.07. The number of ether oxygens (including phenoxy) is 7. The number of carboxylic acid groups (broad SMARTS) is 1. The van der Waals surface area contributed by atoms with Gasteiger partial charge in [0.2, 0.25) is 23.6 Å². The van der Waals surface area contributed by atoms with E-state index in [4.69, 9.17) is 33.2 Å². The van der Waals surface area contributed by atoms with Crippen LogP contribution in [0.3, 0.4) is 0 Å². The molecule has 2 unspecified atom stereocenters. The summed E-state index contributed by atoms with van der Waals surface area (Å²) in [6.07, 6.45) is 19.7. The third kappa shape index (κ3) is 17.0. The number of carbonyl (C=O) groups excluding carboxylic acids is 10. The summed E-state index contributed by atoms with van der Waals surface area (Å²) in [6, 6.07) is 9.73. The van der Waals surface area contributed by atoms with E-state index in [1.54, 1.807) is 25.1 Å². The molecule has 0 spiro atoms. The number of allylic oxidation sites excluding steroid dienone is 2. The van der Waals surface area contributed by atoms with E-state index >= 15 is 0 Å². The molecule has 12 rings (SSSR count). The average molecular weight is 1390 g/mol. The Morgan fingerprint density at radius 2 is 0.950 bits per heavy atom. The molecule has 2 aromatic carbocycles. The second kappa shape index (κ2) is 33.0. The van der Waals surface area contributed by atoms with Gasteiger partial charge in [0, 0.05) is 47.6 Å². The van der Waals surface area contributed by atoms with Gasteiger partial charge in [-0.05, 0) is 140 Å². The summed E-state index contributed by atoms with van der Waals surface area (Å²) in [7, 11) is 3.83. The number of esters is 3. The zero-order chi connectivity index (χ0) is 70.1. The molecular weight excluding hydrogens is 1300 g/mol. The Labute approximate surface area is 602 Å². The molecule has 6 amide bonds. The maximum absolute atomic E-state index is 14.4. The van der Waals surface area contributed by atoms with Crippen molar-refractivity contribution in [2.24, 2.45) is 11.8 Å². The minimum atomic E-state index is -1.47. The molecule has 27 heteroatoms. The fourth-order valence-corrected chi connectivity index (χ4v) is 14.9. The van der Waals surface area contributed by atoms with Crippen molar-refractivity contribution in [1.29, 1.82) is 0 Å². The van der Waals surface area contributed by atoms with E-state index in [0.29, 0.717) is 66.1 Å². The SMILES string of the molecule is COC(=O)[C@@]12CC1/C=C\CCCCC[C@H](NC(=O)OC1CCCC1)C(=O)N1C[C@H](Oc3cc(C(=O)[O-])nc4c(C)cccc34)C[C@H]1C(=O)N2.COC(=O)c1cc(O[C@@H]2C[C@H]3C(=O)N[C@]4(C(=O)OC)CC4/C=C\CCCCC[C@H](NC(=O)OC4CCCC4)C(=O)N3C2)c2cccc(C)c2n1.[Na+]. The van der Waals surface area contributed by atoms with Crippen LogP contribution in [-0.4, -0.2) is 174 Å². The zero-order valence-corrected chi connectivity index (χ0v) is 59.8. The number of nitrogens with zero attached hydrogens (tertiary/aromatic N) is 4. The number of aromatic nitrogens is 2. The van der Waals surface area contributed by atoms with Gasteiger partial charge in [-0.1, -0.05) is 74.3 Å². The van der Waals surface area contributed by atoms with Crippen LogP contribution in [0.2, 0.25) is 0 Å². The minimum absolute atomic E-state index is 0. The number of aromatic carboxylic acids is 1. The van der Waals surface area contributed by atoms with Crippen molar-refractivity contribution in [3.8, 4) is 11.5 Å². The van der Waals surface area contributed by atoms with Crippen LogP contribution >= 0.6 is 0 Å². The van der Waals surface area contributed by atoms with Gasteiger partial charge in [-0.2, -0.15) is 0 Å². The van der Waals surface area contributed by atoms with Crippen LogP contribution in [-0.2, 0) is 52.5 Å². The Morgan fingerprint density at radius 1 is 0.540 bits per heavy atom. The number of para-hydroxylation sites is 2. The van der Waals surface area contributed by atoms with E-state index in [-0.39, 0.29) is 96.7 Å². The van der Waals surface area contributed by atoms with Crippen LogP contribution in [0.4, 0.5) is 9.59 Å². The third-order valence-electron chi connectivity index (χ3n) is 20.5. The number of nitrogens with one attached hydrogen (secondary N) is 4. The van der Waals surface area contributed by atoms with Crippen molar-refractivity contribution in [3.05, 3.63) is 95.3 Å². The van der Waals surface area contributed by atoms with Crippen LogP contribution < -0.4 is 65.4 Å². The van der Waals surface area contributed by atoms with Crippen LogP contribution in [0.5, 0.6) is 11.5 Å². The van der Waals surface area contributed by atoms with E-state index in [9.17, 15) is 53.1 Å². The molecule has 8 aliphatic rings. The van der Waals surface area contributed by atoms with Gasteiger partial charge in [-0.25, -0.2) is 33.9 Å². The first kappa shape index (κ1) is 74.3. The maximum Gasteiger partial charge on any atom is 1.00 e. The molecule has 4 N–H and O–H groups in total. The van der Waals surface area contributed by atoms with Crippen molar-refractivity contribution in [2.75, 3.05) is 34.4 Å². The molecule has 4 aliphatic heterocycles. The molecule has 2 saturated heterocycles. The number of pyridine rings is 2. The average Bonchev–Trinajstić information content (AvgIpc) is 1.58. The monoisotopic (exact) mass is 1390 g/mol. The Hall–Kier alpha value is -8.36. The molecule has 26 nitrogen and oxygen atoms in total. The van der Waals surface area contributed by atoms with E-state index < -0.39 is 107 Å². The van der Waals surface area contributed by atoms with Gasteiger partial charge in [0.05, 0.1) is 57.1 Å². The minimum Gasteiger partial charge on any atom is -0.543 e. The van der Waals surface area contributed by atoms with Crippen molar-refractivity contribution < 1.29 is 116 Å². The Balaban J connectivity index is 0.000000214. The number of rotatable bonds is 12. The second-order valence-corrected chi connectivity index (χ2v) is 27.4. The van der Waals surface area contributed by atoms with E-state index in [2.05, 4.69) is 31.2 Å². The summed E-state index contributed by atoms with van der Waals surface area (Å²) >= 11 is 0. The van der Waals surface area contributed by atoms with Gasteiger partial charge in [0.25, 0.3) is 0 Å². The summed E-state index contributed by atoms with van der Waals surface area (Å²) in [5.41, 5.74) is -0.178. The standard InChI is InChI=1S/C37H46N4O9.C36H44N4O9.Na/c1-22-12-11-16-26-30(19-28(34(44)47-2)38-31(22)26)49-25-18-29-32(42)40-37(35(45)48-3)20-23(37)13-7-5-4-6-8-17-27(33(43)41(29)21-25)39-36(46)50-24-14-9-10-15-24;1-21-11-10-15-25-29(18-27(33(43)44)37-30(21)25)48-24-17-28-31(41)39-36(34(45)47-2)19-22(36)12-6-4-3-5-7-16-26(32(42)40(28)20-24)38-35(46)49-23-13-8-9-14-23;/h7,11-13,16,19,23-25,27,29H,4-6,8-10,14-15,17-18,20-21H2,1-3H3,(H,39,46)(H,40,42);6,10-12,15,18,22-24,26,28H,3-5,7-9,13-14,16-17,19-20H2,1-2H3,(H,38,46)(H,39,41)(H,43,44);/q;;+1/p-1/b13-7-;12-6-;/t23?,25-,27+,29+,37-;22?,24-,26+,28+,36-;/m11./s1. The molecule has 6 fully saturated rings. The quantitative estimate of drug-likeness (QED) is 0.0670. The normalized spacial score (nSPS) is 27.9. The van der Waals surface area contributed by atoms with Gasteiger partial charge in [0.15, 0.2) is 5.69 Å². The molecular formula is C73H89N8NaO18. The van der Waals surface area contributed by atoms with Crippen molar-refractivity contribution in [1.82, 2.24) is 41.0 Å². The Morgan fingerprint density at radius 3 is 1.36 bits per heavy atom. The summed E-state index contributed by atoms with van der Waals surface area (Å²) in [5, 5.41) is 24.5. The number of hydrogen-bond acceptors (Lipinski definition) is 20. The van der Waals surface area contributed by atoms with Crippen LogP contribution in [0.1, 0.15) is 173 Å². The molecule has 530 valence electrons. The third-order valence-corrected chi connectivity index (χ3v) is 20.5. The number of fused-ring (bicyclic) bond motifs is 6. The van der Waals surface area contributed by atoms with Crippen LogP contribution in [0.25, 0.3) is 21.8 Å². The van der Waals surface area contributed by atoms with Crippen molar-refractivity contribution >= 4 is 81.5 Å². The smallest absolute Gasteiger partial charge is 0.543 e. The zero-order valence-electron chi connectivity index (χ0n) is 57.8. The van der Waals surface area contributed by atoms with E-state index in [1.807, 2.05) is 49.4 Å². The largest absolute Gasteiger partial charge is 1.00 e. The van der Waals surface area contributed by atoms with Gasteiger partial charge >= 0.3 is 59.7 Å². The predicted molar refractivity (Wildman–Crippen MR) is 355 cm³/mol. The van der Waals surface area contributed by atoms with Crippen LogP contribution in [0.15, 0.2) is 72.8 Å². The van der Waals surface area contributed by atoms with Gasteiger partial charge in [-0.3, -0.25) is 19.2 Å². The number of carbonyl (C=O) groups is 10. The first-order valence-corrected chi connectivity index (χ1v) is 34.9. The predicted octanol–water partition coefficient (Wildman–Crippen LogP) is 4.15. The summed E-state index contributed by atoms with van der Waals surface area (Å²) in [6.45, 7) is 3.66. The molecule has 4 aromatic rings. The molecule has 4 saturated carbocycles. The van der Waals surface area contributed by atoms with E-state index in [0.717, 1.165) is 101 Å². The molecule has 0 radical (unpaired) electrons. The fourth-order valence-electron chi connectivity index (χ4n) is 14.9. The number of methoxy groups -OCH3 is 3. The summed E-state index contributed by atoms with van der Waals surface area (Å²) < 4.78 is 39.3.